The van der Waals surface area contributed by atoms with Gasteiger partial charge in [0.1, 0.15) is 22.1 Å². The molecule has 0 radical (unpaired) electrons. The molecular formula is C27H27N7O4S. The minimum atomic E-state index is -0.459. The number of aliphatic imine (C=N–C) groups is 1. The number of aromatic amines is 1. The van der Waals surface area contributed by atoms with Crippen molar-refractivity contribution in [2.45, 2.75) is 39.2 Å². The molecule has 0 aliphatic heterocycles. The molecule has 0 bridgehead atoms. The Labute approximate surface area is 227 Å². The zero-order valence-corrected chi connectivity index (χ0v) is 22.2. The van der Waals surface area contributed by atoms with Gasteiger partial charge in [0, 0.05) is 35.9 Å². The maximum atomic E-state index is 13.4. The molecule has 200 valence electrons. The number of nitroso groups, excluding NO2 is 1. The van der Waals surface area contributed by atoms with Gasteiger partial charge in [-0.25, -0.2) is 0 Å². The SMILES string of the molecule is CC(=O)Nc1ccc2ccn(C(=O)c3ccc(Nc4s[nH]c(=O)c4C(N)=NC(C)CC4CC4)cc3N=O)c2c1. The molecule has 5 rings (SSSR count). The van der Waals surface area contributed by atoms with Crippen LogP contribution < -0.4 is 21.9 Å². The molecule has 12 heteroatoms. The third kappa shape index (κ3) is 5.65. The molecule has 1 aliphatic carbocycles. The molecular weight excluding hydrogens is 518 g/mol. The zero-order chi connectivity index (χ0) is 27.7. The second-order valence-electron chi connectivity index (χ2n) is 9.67. The molecule has 2 heterocycles. The van der Waals surface area contributed by atoms with E-state index in [1.807, 2.05) is 6.92 Å². The van der Waals surface area contributed by atoms with Gasteiger partial charge >= 0.3 is 0 Å². The lowest BCUT2D eigenvalue weighted by Gasteiger charge is -2.11. The Morgan fingerprint density at radius 1 is 1.18 bits per heavy atom. The average Bonchev–Trinajstić information content (AvgIpc) is 3.48. The molecule has 2 aromatic carbocycles. The minimum absolute atomic E-state index is 0.0000920. The van der Waals surface area contributed by atoms with E-state index in [0.29, 0.717) is 27.8 Å². The number of benzene rings is 2. The number of amides is 1. The second kappa shape index (κ2) is 10.7. The van der Waals surface area contributed by atoms with Crippen molar-refractivity contribution in [2.24, 2.45) is 21.8 Å². The molecule has 1 fully saturated rings. The minimum Gasteiger partial charge on any atom is -0.383 e. The number of carbonyl (C=O) groups is 2. The Morgan fingerprint density at radius 3 is 2.67 bits per heavy atom. The molecule has 39 heavy (non-hydrogen) atoms. The lowest BCUT2D eigenvalue weighted by atomic mass is 10.1. The number of carbonyl (C=O) groups excluding carboxylic acids is 2. The van der Waals surface area contributed by atoms with Crippen molar-refractivity contribution in [3.63, 3.8) is 0 Å². The normalized spacial score (nSPS) is 14.3. The lowest BCUT2D eigenvalue weighted by Crippen LogP contribution is -2.24. The van der Waals surface area contributed by atoms with Crippen LogP contribution in [0.1, 0.15) is 49.0 Å². The van der Waals surface area contributed by atoms with Crippen LogP contribution in [0.5, 0.6) is 0 Å². The van der Waals surface area contributed by atoms with Gasteiger partial charge in [-0.3, -0.25) is 28.3 Å². The third-order valence-electron chi connectivity index (χ3n) is 6.50. The molecule has 1 atom stereocenters. The van der Waals surface area contributed by atoms with Gasteiger partial charge < -0.3 is 16.4 Å². The summed E-state index contributed by atoms with van der Waals surface area (Å²) in [7, 11) is 0. The van der Waals surface area contributed by atoms with Crippen molar-refractivity contribution < 1.29 is 9.59 Å². The van der Waals surface area contributed by atoms with E-state index in [1.54, 1.807) is 36.5 Å². The Balaban J connectivity index is 1.41. The number of hydrogen-bond acceptors (Lipinski definition) is 8. The van der Waals surface area contributed by atoms with E-state index < -0.39 is 5.91 Å². The summed E-state index contributed by atoms with van der Waals surface area (Å²) in [6.07, 6.45) is 4.94. The van der Waals surface area contributed by atoms with E-state index in [9.17, 15) is 19.3 Å². The second-order valence-corrected chi connectivity index (χ2v) is 10.5. The van der Waals surface area contributed by atoms with E-state index >= 15 is 0 Å². The highest BCUT2D eigenvalue weighted by atomic mass is 32.1. The van der Waals surface area contributed by atoms with Crippen molar-refractivity contribution >= 4 is 62.1 Å². The predicted molar refractivity (Wildman–Crippen MR) is 154 cm³/mol. The standard InChI is InChI=1S/C27H27N7O4S/c1-14(11-16-3-4-16)29-24(28)23-25(36)33-39-26(23)31-18-7-8-20(21(12-18)32-38)27(37)34-10-9-17-5-6-19(13-22(17)34)30-15(2)35/h5-10,12-14,16,31H,3-4,11H2,1-2H3,(H2,28,29)(H,30,35)(H,33,36). The highest BCUT2D eigenvalue weighted by Gasteiger charge is 2.24. The Bertz CT molecular complexity index is 1680. The van der Waals surface area contributed by atoms with Crippen LogP contribution in [0.25, 0.3) is 10.9 Å². The molecule has 2 aromatic heterocycles. The lowest BCUT2D eigenvalue weighted by molar-refractivity contribution is -0.114. The molecule has 1 amide bonds. The summed E-state index contributed by atoms with van der Waals surface area (Å²) in [5.41, 5.74) is 7.65. The fourth-order valence-corrected chi connectivity index (χ4v) is 5.29. The van der Waals surface area contributed by atoms with Crippen molar-refractivity contribution in [3.8, 4) is 0 Å². The smallest absolute Gasteiger partial charge is 0.271 e. The molecule has 0 saturated heterocycles. The van der Waals surface area contributed by atoms with Crippen LogP contribution in [0.15, 0.2) is 63.6 Å². The number of nitrogens with two attached hydrogens (primary N) is 1. The molecule has 1 aliphatic rings. The Hall–Kier alpha value is -4.58. The van der Waals surface area contributed by atoms with Crippen molar-refractivity contribution in [2.75, 3.05) is 10.6 Å². The predicted octanol–water partition coefficient (Wildman–Crippen LogP) is 5.07. The largest absolute Gasteiger partial charge is 0.383 e. The first-order chi connectivity index (χ1) is 18.7. The topological polar surface area (TPSA) is 164 Å². The number of aromatic nitrogens is 2. The first kappa shape index (κ1) is 26.0. The average molecular weight is 546 g/mol. The first-order valence-electron chi connectivity index (χ1n) is 12.5. The van der Waals surface area contributed by atoms with Gasteiger partial charge in [-0.1, -0.05) is 18.9 Å². The molecule has 11 nitrogen and oxygen atoms in total. The zero-order valence-electron chi connectivity index (χ0n) is 21.4. The molecule has 0 spiro atoms. The van der Waals surface area contributed by atoms with Crippen LogP contribution in [0.4, 0.5) is 22.1 Å². The van der Waals surface area contributed by atoms with E-state index in [4.69, 9.17) is 5.73 Å². The monoisotopic (exact) mass is 545 g/mol. The van der Waals surface area contributed by atoms with Crippen LogP contribution >= 0.6 is 11.5 Å². The summed E-state index contributed by atoms with van der Waals surface area (Å²) >= 11 is 1.06. The highest BCUT2D eigenvalue weighted by molar-refractivity contribution is 7.10. The van der Waals surface area contributed by atoms with Crippen LogP contribution in [-0.4, -0.2) is 32.6 Å². The molecule has 1 saturated carbocycles. The summed E-state index contributed by atoms with van der Waals surface area (Å²) in [5, 5.41) is 10.1. The first-order valence-corrected chi connectivity index (χ1v) is 13.3. The van der Waals surface area contributed by atoms with Crippen LogP contribution in [0.2, 0.25) is 0 Å². The van der Waals surface area contributed by atoms with Crippen molar-refractivity contribution in [1.82, 2.24) is 8.94 Å². The van der Waals surface area contributed by atoms with Crippen molar-refractivity contribution in [1.29, 1.82) is 0 Å². The van der Waals surface area contributed by atoms with E-state index in [-0.39, 0.29) is 40.2 Å². The maximum Gasteiger partial charge on any atom is 0.271 e. The summed E-state index contributed by atoms with van der Waals surface area (Å²) in [6, 6.07) is 11.5. The summed E-state index contributed by atoms with van der Waals surface area (Å²) in [4.78, 5) is 53.6. The summed E-state index contributed by atoms with van der Waals surface area (Å²) in [5.74, 6) is 0.130. The fraction of sp³-hybridized carbons (Fsp3) is 0.259. The van der Waals surface area contributed by atoms with Gasteiger partial charge in [0.2, 0.25) is 5.91 Å². The van der Waals surface area contributed by atoms with Crippen LogP contribution in [0, 0.1) is 10.8 Å². The number of nitrogens with zero attached hydrogens (tertiary/aromatic N) is 3. The summed E-state index contributed by atoms with van der Waals surface area (Å²) < 4.78 is 4.07. The van der Waals surface area contributed by atoms with Gasteiger partial charge in [-0.15, -0.1) is 4.91 Å². The van der Waals surface area contributed by atoms with Crippen molar-refractivity contribution in [3.05, 3.63) is 75.0 Å². The van der Waals surface area contributed by atoms with Gasteiger partial charge in [0.25, 0.3) is 11.5 Å². The Kier molecular flexibility index (Phi) is 7.11. The van der Waals surface area contributed by atoms with E-state index in [2.05, 4.69) is 25.2 Å². The van der Waals surface area contributed by atoms with E-state index in [1.165, 1.54) is 36.5 Å². The van der Waals surface area contributed by atoms with E-state index in [0.717, 1.165) is 23.3 Å². The van der Waals surface area contributed by atoms with Crippen LogP contribution in [0.3, 0.4) is 0 Å². The Morgan fingerprint density at radius 2 is 1.95 bits per heavy atom. The number of fused-ring (bicyclic) bond motifs is 1. The van der Waals surface area contributed by atoms with Gasteiger partial charge in [0.15, 0.2) is 0 Å². The molecule has 4 aromatic rings. The number of hydrogen-bond donors (Lipinski definition) is 4. The molecule has 1 unspecified atom stereocenters. The van der Waals surface area contributed by atoms with Gasteiger partial charge in [-0.2, -0.15) is 0 Å². The number of amidine groups is 1. The fourth-order valence-electron chi connectivity index (χ4n) is 4.53. The number of nitrogens with one attached hydrogen (secondary N) is 3. The molecule has 5 N–H and O–H groups in total. The summed E-state index contributed by atoms with van der Waals surface area (Å²) in [6.45, 7) is 3.38. The van der Waals surface area contributed by atoms with Gasteiger partial charge in [0.05, 0.1) is 11.1 Å². The number of H-pyrrole nitrogens is 1. The highest BCUT2D eigenvalue weighted by Crippen LogP contribution is 2.34. The number of anilines is 3. The maximum absolute atomic E-state index is 13.4. The number of rotatable bonds is 9. The quantitative estimate of drug-likeness (QED) is 0.130. The third-order valence-corrected chi connectivity index (χ3v) is 7.30. The van der Waals surface area contributed by atoms with Crippen LogP contribution in [-0.2, 0) is 4.79 Å². The van der Waals surface area contributed by atoms with Gasteiger partial charge in [-0.05, 0) is 72.4 Å².